The third-order valence-corrected chi connectivity index (χ3v) is 4.50. The van der Waals surface area contributed by atoms with Crippen LogP contribution in [0.2, 0.25) is 5.02 Å². The topological polar surface area (TPSA) is 49.3 Å². The van der Waals surface area contributed by atoms with Crippen molar-refractivity contribution in [2.24, 2.45) is 0 Å². The van der Waals surface area contributed by atoms with Gasteiger partial charge in [0.05, 0.1) is 17.1 Å². The number of hydrogen-bond donors (Lipinski definition) is 2. The molecule has 0 aliphatic heterocycles. The second kappa shape index (κ2) is 6.58. The van der Waals surface area contributed by atoms with Gasteiger partial charge >= 0.3 is 5.97 Å². The average molecular weight is 408 g/mol. The molecule has 19 heavy (non-hydrogen) atoms. The molecular formula is C13H11ClINO2S. The number of carboxylic acids is 1. The highest BCUT2D eigenvalue weighted by atomic mass is 127. The summed E-state index contributed by atoms with van der Waals surface area (Å²) in [5.41, 5.74) is 0.885. The minimum Gasteiger partial charge on any atom is -0.481 e. The third-order valence-electron chi connectivity index (χ3n) is 2.43. The van der Waals surface area contributed by atoms with Gasteiger partial charge in [-0.1, -0.05) is 11.6 Å². The first kappa shape index (κ1) is 14.6. The number of benzene rings is 1. The Balaban J connectivity index is 1.98. The van der Waals surface area contributed by atoms with Gasteiger partial charge in [-0.2, -0.15) is 0 Å². The van der Waals surface area contributed by atoms with Crippen molar-refractivity contribution < 1.29 is 9.90 Å². The van der Waals surface area contributed by atoms with Crippen molar-refractivity contribution in [1.29, 1.82) is 0 Å². The SMILES string of the molecule is O=C(O)Cc1ccc(CNc2ccc(I)cc2Cl)s1. The molecule has 0 unspecified atom stereocenters. The predicted octanol–water partition coefficient (Wildman–Crippen LogP) is 4.25. The Morgan fingerprint density at radius 2 is 2.05 bits per heavy atom. The Morgan fingerprint density at radius 1 is 1.32 bits per heavy atom. The summed E-state index contributed by atoms with van der Waals surface area (Å²) in [6.07, 6.45) is 0.0783. The summed E-state index contributed by atoms with van der Waals surface area (Å²) in [6, 6.07) is 9.62. The van der Waals surface area contributed by atoms with Crippen LogP contribution in [0.1, 0.15) is 9.75 Å². The molecule has 6 heteroatoms. The predicted molar refractivity (Wildman–Crippen MR) is 87.2 cm³/mol. The van der Waals surface area contributed by atoms with E-state index in [2.05, 4.69) is 27.9 Å². The van der Waals surface area contributed by atoms with E-state index < -0.39 is 5.97 Å². The maximum absolute atomic E-state index is 10.6. The maximum atomic E-state index is 10.6. The first-order chi connectivity index (χ1) is 9.04. The van der Waals surface area contributed by atoms with E-state index in [4.69, 9.17) is 16.7 Å². The number of halogens is 2. The number of nitrogens with one attached hydrogen (secondary N) is 1. The lowest BCUT2D eigenvalue weighted by atomic mass is 10.3. The highest BCUT2D eigenvalue weighted by Gasteiger charge is 2.05. The van der Waals surface area contributed by atoms with Crippen molar-refractivity contribution in [3.8, 4) is 0 Å². The molecule has 1 aromatic carbocycles. The van der Waals surface area contributed by atoms with Crippen LogP contribution in [0.4, 0.5) is 5.69 Å². The van der Waals surface area contributed by atoms with E-state index in [0.29, 0.717) is 11.6 Å². The van der Waals surface area contributed by atoms with E-state index in [1.165, 1.54) is 11.3 Å². The van der Waals surface area contributed by atoms with Gasteiger partial charge in [0.2, 0.25) is 0 Å². The molecule has 0 aliphatic rings. The lowest BCUT2D eigenvalue weighted by Gasteiger charge is -2.07. The molecule has 0 fully saturated rings. The molecule has 0 saturated heterocycles. The van der Waals surface area contributed by atoms with Gasteiger partial charge in [0.1, 0.15) is 0 Å². The number of aliphatic carboxylic acids is 1. The molecule has 1 heterocycles. The average Bonchev–Trinajstić information content (AvgIpc) is 2.74. The molecule has 2 rings (SSSR count). The van der Waals surface area contributed by atoms with Crippen LogP contribution >= 0.6 is 45.5 Å². The number of thiophene rings is 1. The van der Waals surface area contributed by atoms with Gasteiger partial charge in [0.15, 0.2) is 0 Å². The van der Waals surface area contributed by atoms with Gasteiger partial charge in [-0.05, 0) is 52.9 Å². The lowest BCUT2D eigenvalue weighted by molar-refractivity contribution is -0.136. The summed E-state index contributed by atoms with van der Waals surface area (Å²) in [5, 5.41) is 12.7. The molecule has 0 amide bonds. The quantitative estimate of drug-likeness (QED) is 0.729. The Hall–Kier alpha value is -0.790. The van der Waals surface area contributed by atoms with E-state index in [0.717, 1.165) is 19.0 Å². The summed E-state index contributed by atoms with van der Waals surface area (Å²) < 4.78 is 1.09. The molecule has 0 saturated carbocycles. The molecule has 0 aliphatic carbocycles. The van der Waals surface area contributed by atoms with E-state index in [1.807, 2.05) is 30.3 Å². The normalized spacial score (nSPS) is 10.4. The minimum atomic E-state index is -0.804. The van der Waals surface area contributed by atoms with Crippen LogP contribution in [-0.2, 0) is 17.8 Å². The lowest BCUT2D eigenvalue weighted by Crippen LogP contribution is -1.98. The molecule has 0 spiro atoms. The number of anilines is 1. The fourth-order valence-corrected chi connectivity index (χ4v) is 3.45. The summed E-state index contributed by atoms with van der Waals surface area (Å²) >= 11 is 9.84. The summed E-state index contributed by atoms with van der Waals surface area (Å²) in [4.78, 5) is 12.6. The zero-order chi connectivity index (χ0) is 13.8. The van der Waals surface area contributed by atoms with E-state index in [9.17, 15) is 4.79 Å². The van der Waals surface area contributed by atoms with Crippen LogP contribution in [0.15, 0.2) is 30.3 Å². The monoisotopic (exact) mass is 407 g/mol. The summed E-state index contributed by atoms with van der Waals surface area (Å²) in [5.74, 6) is -0.804. The number of carboxylic acid groups (broad SMARTS) is 1. The van der Waals surface area contributed by atoms with Gasteiger partial charge in [0.25, 0.3) is 0 Å². The van der Waals surface area contributed by atoms with Crippen LogP contribution in [0.3, 0.4) is 0 Å². The van der Waals surface area contributed by atoms with Crippen molar-refractivity contribution in [3.05, 3.63) is 48.7 Å². The highest BCUT2D eigenvalue weighted by molar-refractivity contribution is 14.1. The highest BCUT2D eigenvalue weighted by Crippen LogP contribution is 2.25. The minimum absolute atomic E-state index is 0.0783. The van der Waals surface area contributed by atoms with Crippen LogP contribution in [0.25, 0.3) is 0 Å². The molecule has 1 aromatic heterocycles. The zero-order valence-corrected chi connectivity index (χ0v) is 13.6. The van der Waals surface area contributed by atoms with E-state index in [1.54, 1.807) is 0 Å². The number of hydrogen-bond acceptors (Lipinski definition) is 3. The van der Waals surface area contributed by atoms with Crippen LogP contribution in [0.5, 0.6) is 0 Å². The first-order valence-electron chi connectivity index (χ1n) is 5.53. The van der Waals surface area contributed by atoms with Crippen LogP contribution in [0, 0.1) is 3.57 Å². The summed E-state index contributed by atoms with van der Waals surface area (Å²) in [7, 11) is 0. The van der Waals surface area contributed by atoms with E-state index >= 15 is 0 Å². The van der Waals surface area contributed by atoms with Crippen LogP contribution in [-0.4, -0.2) is 11.1 Å². The van der Waals surface area contributed by atoms with E-state index in [-0.39, 0.29) is 6.42 Å². The van der Waals surface area contributed by atoms with Gasteiger partial charge in [-0.15, -0.1) is 11.3 Å². The molecule has 100 valence electrons. The molecule has 0 radical (unpaired) electrons. The van der Waals surface area contributed by atoms with Gasteiger partial charge < -0.3 is 10.4 Å². The van der Waals surface area contributed by atoms with Crippen molar-refractivity contribution >= 4 is 57.2 Å². The Morgan fingerprint density at radius 3 is 2.74 bits per heavy atom. The zero-order valence-electron chi connectivity index (χ0n) is 9.82. The molecule has 2 aromatic rings. The largest absolute Gasteiger partial charge is 0.481 e. The first-order valence-corrected chi connectivity index (χ1v) is 7.80. The van der Waals surface area contributed by atoms with Crippen LogP contribution < -0.4 is 5.32 Å². The van der Waals surface area contributed by atoms with Crippen molar-refractivity contribution in [2.75, 3.05) is 5.32 Å². The van der Waals surface area contributed by atoms with Crippen molar-refractivity contribution in [1.82, 2.24) is 0 Å². The Kier molecular flexibility index (Phi) is 5.06. The maximum Gasteiger partial charge on any atom is 0.308 e. The van der Waals surface area contributed by atoms with Crippen molar-refractivity contribution in [3.63, 3.8) is 0 Å². The smallest absolute Gasteiger partial charge is 0.308 e. The summed E-state index contributed by atoms with van der Waals surface area (Å²) in [6.45, 7) is 0.643. The molecule has 0 bridgehead atoms. The third kappa shape index (κ3) is 4.36. The second-order valence-corrected chi connectivity index (χ2v) is 6.82. The molecule has 3 nitrogen and oxygen atoms in total. The van der Waals surface area contributed by atoms with Crippen molar-refractivity contribution in [2.45, 2.75) is 13.0 Å². The molecule has 0 atom stereocenters. The fraction of sp³-hybridized carbons (Fsp3) is 0.154. The van der Waals surface area contributed by atoms with Gasteiger partial charge in [0, 0.05) is 19.9 Å². The molecule has 2 N–H and O–H groups in total. The second-order valence-electron chi connectivity index (χ2n) is 3.92. The Labute approximate surface area is 133 Å². The number of carbonyl (C=O) groups is 1. The van der Waals surface area contributed by atoms with Gasteiger partial charge in [-0.3, -0.25) is 4.79 Å². The Bertz CT molecular complexity index is 600. The molecular weight excluding hydrogens is 397 g/mol. The fourth-order valence-electron chi connectivity index (χ4n) is 1.58. The number of rotatable bonds is 5. The van der Waals surface area contributed by atoms with Gasteiger partial charge in [-0.25, -0.2) is 0 Å². The standard InChI is InChI=1S/C13H11ClINO2S/c14-11-5-8(15)1-4-12(11)16-7-10-3-2-9(19-10)6-13(17)18/h1-5,16H,6-7H2,(H,17,18).